The molecule has 1 aliphatic rings. The second kappa shape index (κ2) is 11.4. The van der Waals surface area contributed by atoms with Crippen LogP contribution in [0.1, 0.15) is 48.4 Å². The van der Waals surface area contributed by atoms with Crippen molar-refractivity contribution in [2.45, 2.75) is 83.7 Å². The molecule has 0 atom stereocenters. The molecule has 0 spiro atoms. The van der Waals surface area contributed by atoms with Crippen molar-refractivity contribution in [2.75, 3.05) is 6.61 Å². The molecular formula is C28H39N3O2Si. The Morgan fingerprint density at radius 3 is 2.53 bits per heavy atom. The molecule has 1 aliphatic carbocycles. The molecule has 182 valence electrons. The van der Waals surface area contributed by atoms with Crippen molar-refractivity contribution in [3.05, 3.63) is 71.7 Å². The summed E-state index contributed by atoms with van der Waals surface area (Å²) in [6.45, 7) is 11.0. The second-order valence-electron chi connectivity index (χ2n) is 10.8. The zero-order chi connectivity index (χ0) is 24.0. The van der Waals surface area contributed by atoms with E-state index in [0.29, 0.717) is 25.4 Å². The number of rotatable bonds is 10. The second-order valence-corrected chi connectivity index (χ2v) is 16.4. The first-order valence-electron chi connectivity index (χ1n) is 12.6. The van der Waals surface area contributed by atoms with Gasteiger partial charge in [0.15, 0.2) is 0 Å². The quantitative estimate of drug-likeness (QED) is 0.238. The first-order valence-corrected chi connectivity index (χ1v) is 16.3. The lowest BCUT2D eigenvalue weighted by molar-refractivity contribution is 0.0119. The van der Waals surface area contributed by atoms with Gasteiger partial charge in [0.1, 0.15) is 6.73 Å². The van der Waals surface area contributed by atoms with E-state index in [1.54, 1.807) is 0 Å². The third-order valence-electron chi connectivity index (χ3n) is 6.71. The van der Waals surface area contributed by atoms with Crippen LogP contribution in [0.5, 0.6) is 0 Å². The highest BCUT2D eigenvalue weighted by Crippen LogP contribution is 2.34. The minimum absolute atomic E-state index is 0.297. The zero-order valence-corrected chi connectivity index (χ0v) is 22.2. The molecule has 1 fully saturated rings. The van der Waals surface area contributed by atoms with Crippen LogP contribution in [0.2, 0.25) is 25.7 Å². The number of hydrogen-bond acceptors (Lipinski definition) is 4. The first kappa shape index (κ1) is 24.8. The van der Waals surface area contributed by atoms with Crippen LogP contribution in [-0.4, -0.2) is 35.5 Å². The van der Waals surface area contributed by atoms with E-state index in [1.807, 2.05) is 23.1 Å². The molecule has 2 aromatic heterocycles. The maximum atomic E-state index is 6.39. The first-order chi connectivity index (χ1) is 16.4. The van der Waals surface area contributed by atoms with E-state index in [4.69, 9.17) is 14.5 Å². The summed E-state index contributed by atoms with van der Waals surface area (Å²) in [5, 5.41) is 4.52. The van der Waals surface area contributed by atoms with Gasteiger partial charge in [0, 0.05) is 32.6 Å². The highest BCUT2D eigenvalue weighted by molar-refractivity contribution is 6.76. The molecule has 0 unspecified atom stereocenters. The van der Waals surface area contributed by atoms with E-state index in [9.17, 15) is 0 Å². The Kier molecular flexibility index (Phi) is 8.35. The van der Waals surface area contributed by atoms with Gasteiger partial charge in [0.05, 0.1) is 24.1 Å². The number of aryl methyl sites for hydroxylation is 1. The molecule has 5 nitrogen and oxygen atoms in total. The standard InChI is InChI=1S/C28H39N3O2Si/c1-22-18-26(28-14-15-30-31(28)21-32-16-17-34(2,3)4)27(29-19-22)20-33-25-12-10-24(11-13-25)23-8-6-5-7-9-23/h5-9,14-15,18-19,24-25H,10-13,16-17,20-21H2,1-4H3. The Balaban J connectivity index is 1.37. The van der Waals surface area contributed by atoms with E-state index < -0.39 is 8.07 Å². The molecular weight excluding hydrogens is 438 g/mol. The summed E-state index contributed by atoms with van der Waals surface area (Å²) in [6.07, 6.45) is 8.64. The number of aromatic nitrogens is 3. The lowest BCUT2D eigenvalue weighted by atomic mass is 9.83. The Bertz CT molecular complexity index is 1040. The highest BCUT2D eigenvalue weighted by atomic mass is 28.3. The fraction of sp³-hybridized carbons (Fsp3) is 0.500. The van der Waals surface area contributed by atoms with Crippen LogP contribution in [0.15, 0.2) is 54.9 Å². The topological polar surface area (TPSA) is 49.2 Å². The van der Waals surface area contributed by atoms with Crippen molar-refractivity contribution in [3.8, 4) is 11.3 Å². The van der Waals surface area contributed by atoms with Crippen LogP contribution in [0.4, 0.5) is 0 Å². The lowest BCUT2D eigenvalue weighted by Crippen LogP contribution is -2.22. The molecule has 0 aliphatic heterocycles. The minimum atomic E-state index is -1.11. The summed E-state index contributed by atoms with van der Waals surface area (Å²) in [7, 11) is -1.11. The van der Waals surface area contributed by atoms with Gasteiger partial charge in [-0.3, -0.25) is 4.98 Å². The van der Waals surface area contributed by atoms with Crippen molar-refractivity contribution < 1.29 is 9.47 Å². The maximum Gasteiger partial charge on any atom is 0.139 e. The summed E-state index contributed by atoms with van der Waals surface area (Å²) in [5.41, 5.74) is 5.69. The van der Waals surface area contributed by atoms with Gasteiger partial charge in [0.25, 0.3) is 0 Å². The predicted molar refractivity (Wildman–Crippen MR) is 141 cm³/mol. The number of ether oxygens (including phenoxy) is 2. The van der Waals surface area contributed by atoms with E-state index in [2.05, 4.69) is 68.1 Å². The normalized spacial score (nSPS) is 18.8. The molecule has 3 aromatic rings. The average Bonchev–Trinajstić information content (AvgIpc) is 3.30. The monoisotopic (exact) mass is 477 g/mol. The van der Waals surface area contributed by atoms with Crippen LogP contribution in [0.3, 0.4) is 0 Å². The van der Waals surface area contributed by atoms with Crippen molar-refractivity contribution in [1.82, 2.24) is 14.8 Å². The Labute approximate surface area is 205 Å². The van der Waals surface area contributed by atoms with Crippen molar-refractivity contribution >= 4 is 8.07 Å². The van der Waals surface area contributed by atoms with Gasteiger partial charge in [-0.25, -0.2) is 4.68 Å². The summed E-state index contributed by atoms with van der Waals surface area (Å²) in [5.74, 6) is 0.657. The molecule has 0 N–H and O–H groups in total. The van der Waals surface area contributed by atoms with Gasteiger partial charge >= 0.3 is 0 Å². The van der Waals surface area contributed by atoms with E-state index in [-0.39, 0.29) is 0 Å². The van der Waals surface area contributed by atoms with E-state index in [1.165, 1.54) is 18.4 Å². The number of pyridine rings is 1. The molecule has 34 heavy (non-hydrogen) atoms. The van der Waals surface area contributed by atoms with Crippen molar-refractivity contribution in [1.29, 1.82) is 0 Å². The molecule has 0 amide bonds. The maximum absolute atomic E-state index is 6.39. The third-order valence-corrected chi connectivity index (χ3v) is 8.41. The molecule has 0 radical (unpaired) electrons. The molecule has 0 bridgehead atoms. The van der Waals surface area contributed by atoms with Crippen molar-refractivity contribution in [2.24, 2.45) is 0 Å². The van der Waals surface area contributed by atoms with Gasteiger partial charge in [-0.05, 0) is 67.8 Å². The number of benzene rings is 1. The predicted octanol–water partition coefficient (Wildman–Crippen LogP) is 6.81. The van der Waals surface area contributed by atoms with E-state index >= 15 is 0 Å². The largest absolute Gasteiger partial charge is 0.372 e. The molecule has 2 heterocycles. The van der Waals surface area contributed by atoms with Crippen LogP contribution < -0.4 is 0 Å². The van der Waals surface area contributed by atoms with Crippen LogP contribution >= 0.6 is 0 Å². The number of nitrogens with zero attached hydrogens (tertiary/aromatic N) is 3. The van der Waals surface area contributed by atoms with Crippen LogP contribution in [-0.2, 0) is 22.8 Å². The fourth-order valence-corrected chi connectivity index (χ4v) is 5.37. The van der Waals surface area contributed by atoms with Crippen molar-refractivity contribution in [3.63, 3.8) is 0 Å². The summed E-state index contributed by atoms with van der Waals surface area (Å²) in [4.78, 5) is 4.75. The Morgan fingerprint density at radius 1 is 1.03 bits per heavy atom. The van der Waals surface area contributed by atoms with Crippen LogP contribution in [0, 0.1) is 6.92 Å². The average molecular weight is 478 g/mol. The zero-order valence-electron chi connectivity index (χ0n) is 21.2. The van der Waals surface area contributed by atoms with Gasteiger partial charge in [-0.15, -0.1) is 0 Å². The minimum Gasteiger partial charge on any atom is -0.372 e. The summed E-state index contributed by atoms with van der Waals surface area (Å²) in [6, 6.07) is 16.3. The number of hydrogen-bond donors (Lipinski definition) is 0. The molecule has 1 aromatic carbocycles. The van der Waals surface area contributed by atoms with Gasteiger partial charge in [-0.1, -0.05) is 50.0 Å². The summed E-state index contributed by atoms with van der Waals surface area (Å²) >= 11 is 0. The molecule has 4 rings (SSSR count). The van der Waals surface area contributed by atoms with Crippen LogP contribution in [0.25, 0.3) is 11.3 Å². The Morgan fingerprint density at radius 2 is 1.79 bits per heavy atom. The smallest absolute Gasteiger partial charge is 0.139 e. The molecule has 0 saturated heterocycles. The third kappa shape index (κ3) is 6.87. The fourth-order valence-electron chi connectivity index (χ4n) is 4.61. The lowest BCUT2D eigenvalue weighted by Gasteiger charge is -2.29. The van der Waals surface area contributed by atoms with Gasteiger partial charge < -0.3 is 9.47 Å². The highest BCUT2D eigenvalue weighted by Gasteiger charge is 2.23. The Hall–Kier alpha value is -2.28. The summed E-state index contributed by atoms with van der Waals surface area (Å²) < 4.78 is 14.3. The SMILES string of the molecule is Cc1cnc(COC2CCC(c3ccccc3)CC2)c(-c2ccnn2COCC[Si](C)(C)C)c1. The van der Waals surface area contributed by atoms with E-state index in [0.717, 1.165) is 48.0 Å². The molecule has 1 saturated carbocycles. The van der Waals surface area contributed by atoms with Gasteiger partial charge in [-0.2, -0.15) is 5.10 Å². The molecule has 6 heteroatoms. The van der Waals surface area contributed by atoms with Gasteiger partial charge in [0.2, 0.25) is 0 Å².